The van der Waals surface area contributed by atoms with E-state index in [0.717, 1.165) is 4.31 Å². The van der Waals surface area contributed by atoms with Gasteiger partial charge in [0.05, 0.1) is 22.7 Å². The van der Waals surface area contributed by atoms with Crippen LogP contribution >= 0.6 is 23.2 Å². The molecule has 6 nitrogen and oxygen atoms in total. The summed E-state index contributed by atoms with van der Waals surface area (Å²) in [6.45, 7) is 0. The molecule has 0 aliphatic rings. The van der Waals surface area contributed by atoms with Gasteiger partial charge in [-0.15, -0.1) is 0 Å². The molecule has 9 heteroatoms. The summed E-state index contributed by atoms with van der Waals surface area (Å²) in [6, 6.07) is 17.0. The number of nitrogens with one attached hydrogen (secondary N) is 1. The number of sulfonamides is 1. The highest BCUT2D eigenvalue weighted by Gasteiger charge is 2.21. The summed E-state index contributed by atoms with van der Waals surface area (Å²) >= 11 is 11.9. The third-order valence-electron chi connectivity index (χ3n) is 4.37. The zero-order chi connectivity index (χ0) is 21.9. The molecule has 0 atom stereocenters. The van der Waals surface area contributed by atoms with Gasteiger partial charge in [0.25, 0.3) is 15.9 Å². The minimum atomic E-state index is -3.75. The Labute approximate surface area is 185 Å². The number of ether oxygens (including phenoxy) is 1. The Morgan fingerprint density at radius 2 is 1.60 bits per heavy atom. The lowest BCUT2D eigenvalue weighted by Crippen LogP contribution is -2.26. The van der Waals surface area contributed by atoms with Gasteiger partial charge in [0, 0.05) is 23.3 Å². The number of hydrogen-bond donors (Lipinski definition) is 1. The molecular weight excluding hydrogens is 447 g/mol. The van der Waals surface area contributed by atoms with E-state index in [9.17, 15) is 13.2 Å². The molecule has 0 heterocycles. The fourth-order valence-electron chi connectivity index (χ4n) is 2.67. The number of methoxy groups -OCH3 is 1. The van der Waals surface area contributed by atoms with Gasteiger partial charge in [-0.3, -0.25) is 9.10 Å². The van der Waals surface area contributed by atoms with Crippen molar-refractivity contribution in [3.63, 3.8) is 0 Å². The second-order valence-corrected chi connectivity index (χ2v) is 9.09. The molecule has 0 spiro atoms. The number of hydrogen-bond acceptors (Lipinski definition) is 4. The average Bonchev–Trinajstić information content (AvgIpc) is 2.73. The van der Waals surface area contributed by atoms with Crippen LogP contribution in [-0.4, -0.2) is 28.5 Å². The number of halogens is 2. The lowest BCUT2D eigenvalue weighted by molar-refractivity contribution is 0.102. The van der Waals surface area contributed by atoms with Crippen molar-refractivity contribution in [2.75, 3.05) is 23.8 Å². The number of carbonyl (C=O) groups excluding carboxylic acids is 1. The molecule has 3 rings (SSSR count). The summed E-state index contributed by atoms with van der Waals surface area (Å²) in [4.78, 5) is 12.6. The molecule has 0 fully saturated rings. The molecule has 0 bridgehead atoms. The van der Waals surface area contributed by atoms with Crippen LogP contribution in [0.2, 0.25) is 10.0 Å². The van der Waals surface area contributed by atoms with Crippen LogP contribution in [0.15, 0.2) is 71.6 Å². The zero-order valence-electron chi connectivity index (χ0n) is 16.1. The second-order valence-electron chi connectivity index (χ2n) is 6.28. The Hall–Kier alpha value is -2.74. The Balaban J connectivity index is 1.76. The normalized spacial score (nSPS) is 11.1. The quantitative estimate of drug-likeness (QED) is 0.551. The van der Waals surface area contributed by atoms with Gasteiger partial charge in [0.1, 0.15) is 5.75 Å². The molecule has 0 aromatic heterocycles. The highest BCUT2D eigenvalue weighted by molar-refractivity contribution is 7.92. The van der Waals surface area contributed by atoms with Gasteiger partial charge >= 0.3 is 0 Å². The fourth-order valence-corrected chi connectivity index (χ4v) is 4.25. The van der Waals surface area contributed by atoms with Crippen molar-refractivity contribution in [1.82, 2.24) is 0 Å². The third-order valence-corrected chi connectivity index (χ3v) is 6.72. The molecule has 0 saturated carbocycles. The molecule has 0 saturated heterocycles. The molecule has 0 aliphatic heterocycles. The van der Waals surface area contributed by atoms with E-state index in [1.807, 2.05) is 0 Å². The van der Waals surface area contributed by atoms with Crippen LogP contribution in [0.4, 0.5) is 11.4 Å². The minimum absolute atomic E-state index is 0.118. The van der Waals surface area contributed by atoms with Crippen molar-refractivity contribution in [2.24, 2.45) is 0 Å². The molecule has 30 heavy (non-hydrogen) atoms. The maximum absolute atomic E-state index is 12.8. The average molecular weight is 465 g/mol. The van der Waals surface area contributed by atoms with Crippen LogP contribution in [0.1, 0.15) is 10.4 Å². The minimum Gasteiger partial charge on any atom is -0.495 e. The topological polar surface area (TPSA) is 75.7 Å². The first kappa shape index (κ1) is 22.0. The zero-order valence-corrected chi connectivity index (χ0v) is 18.4. The summed E-state index contributed by atoms with van der Waals surface area (Å²) < 4.78 is 31.8. The number of carbonyl (C=O) groups is 1. The molecule has 1 N–H and O–H groups in total. The Bertz CT molecular complexity index is 1160. The SMILES string of the molecule is COc1ccc(NC(=O)c2ccc(N(C)S(=O)(=O)c3ccc(Cl)cc3)cc2)cc1Cl. The van der Waals surface area contributed by atoms with Crippen molar-refractivity contribution in [3.8, 4) is 5.75 Å². The molecule has 3 aromatic carbocycles. The lowest BCUT2D eigenvalue weighted by Gasteiger charge is -2.20. The number of amides is 1. The molecule has 3 aromatic rings. The van der Waals surface area contributed by atoms with Crippen LogP contribution in [0.5, 0.6) is 5.75 Å². The smallest absolute Gasteiger partial charge is 0.264 e. The largest absolute Gasteiger partial charge is 0.495 e. The van der Waals surface area contributed by atoms with E-state index < -0.39 is 10.0 Å². The van der Waals surface area contributed by atoms with Crippen LogP contribution in [0, 0.1) is 0 Å². The lowest BCUT2D eigenvalue weighted by atomic mass is 10.2. The van der Waals surface area contributed by atoms with Gasteiger partial charge < -0.3 is 10.1 Å². The van der Waals surface area contributed by atoms with Crippen molar-refractivity contribution in [2.45, 2.75) is 4.90 Å². The Morgan fingerprint density at radius 3 is 2.17 bits per heavy atom. The number of benzene rings is 3. The van der Waals surface area contributed by atoms with Crippen LogP contribution in [-0.2, 0) is 10.0 Å². The summed E-state index contributed by atoms with van der Waals surface area (Å²) in [6.07, 6.45) is 0. The summed E-state index contributed by atoms with van der Waals surface area (Å²) in [5.74, 6) is 0.148. The maximum atomic E-state index is 12.8. The summed E-state index contributed by atoms with van der Waals surface area (Å²) in [7, 11) is -0.806. The Kier molecular flexibility index (Phi) is 6.55. The van der Waals surface area contributed by atoms with E-state index in [1.165, 1.54) is 38.4 Å². The van der Waals surface area contributed by atoms with Crippen molar-refractivity contribution in [1.29, 1.82) is 0 Å². The maximum Gasteiger partial charge on any atom is 0.264 e. The first-order chi connectivity index (χ1) is 14.2. The van der Waals surface area contributed by atoms with E-state index >= 15 is 0 Å². The van der Waals surface area contributed by atoms with Gasteiger partial charge in [0.15, 0.2) is 0 Å². The number of anilines is 2. The highest BCUT2D eigenvalue weighted by Crippen LogP contribution is 2.28. The van der Waals surface area contributed by atoms with Gasteiger partial charge in [0.2, 0.25) is 0 Å². The highest BCUT2D eigenvalue weighted by atomic mass is 35.5. The van der Waals surface area contributed by atoms with Crippen molar-refractivity contribution < 1.29 is 17.9 Å². The second kappa shape index (κ2) is 8.95. The van der Waals surface area contributed by atoms with Crippen LogP contribution < -0.4 is 14.4 Å². The molecule has 0 unspecified atom stereocenters. The van der Waals surface area contributed by atoms with E-state index in [2.05, 4.69) is 5.32 Å². The molecular formula is C21H18Cl2N2O4S. The van der Waals surface area contributed by atoms with Gasteiger partial charge in [-0.2, -0.15) is 0 Å². The first-order valence-corrected chi connectivity index (χ1v) is 10.9. The van der Waals surface area contributed by atoms with E-state index in [4.69, 9.17) is 27.9 Å². The predicted molar refractivity (Wildman–Crippen MR) is 119 cm³/mol. The molecule has 0 radical (unpaired) electrons. The van der Waals surface area contributed by atoms with Crippen LogP contribution in [0.25, 0.3) is 0 Å². The van der Waals surface area contributed by atoms with E-state index in [0.29, 0.717) is 32.7 Å². The van der Waals surface area contributed by atoms with Crippen LogP contribution in [0.3, 0.4) is 0 Å². The molecule has 0 aliphatic carbocycles. The summed E-state index contributed by atoms with van der Waals surface area (Å²) in [5, 5.41) is 3.56. The van der Waals surface area contributed by atoms with Gasteiger partial charge in [-0.25, -0.2) is 8.42 Å². The standard InChI is InChI=1S/C21H18Cl2N2O4S/c1-25(30(27,28)18-10-5-15(22)6-11-18)17-8-3-14(4-9-17)21(26)24-16-7-12-20(29-2)19(23)13-16/h3-13H,1-2H3,(H,24,26). The van der Waals surface area contributed by atoms with Gasteiger partial charge in [-0.05, 0) is 66.7 Å². The van der Waals surface area contributed by atoms with Gasteiger partial charge in [-0.1, -0.05) is 23.2 Å². The number of rotatable bonds is 6. The molecule has 1 amide bonds. The Morgan fingerprint density at radius 1 is 0.967 bits per heavy atom. The fraction of sp³-hybridized carbons (Fsp3) is 0.0952. The van der Waals surface area contributed by atoms with Crippen molar-refractivity contribution >= 4 is 50.5 Å². The summed E-state index contributed by atoms with van der Waals surface area (Å²) in [5.41, 5.74) is 1.29. The van der Waals surface area contributed by atoms with Crippen molar-refractivity contribution in [3.05, 3.63) is 82.3 Å². The molecule has 156 valence electrons. The van der Waals surface area contributed by atoms with E-state index in [1.54, 1.807) is 42.5 Å². The van der Waals surface area contributed by atoms with E-state index in [-0.39, 0.29) is 10.8 Å². The third kappa shape index (κ3) is 4.70. The first-order valence-electron chi connectivity index (χ1n) is 8.72. The predicted octanol–water partition coefficient (Wildman–Crippen LogP) is 5.08. The monoisotopic (exact) mass is 464 g/mol. The number of nitrogens with zero attached hydrogens (tertiary/aromatic N) is 1.